The molecule has 0 spiro atoms. The first-order chi connectivity index (χ1) is 14.5. The van der Waals surface area contributed by atoms with Crippen LogP contribution in [-0.4, -0.2) is 16.2 Å². The van der Waals surface area contributed by atoms with E-state index in [0.29, 0.717) is 16.7 Å². The van der Waals surface area contributed by atoms with E-state index in [2.05, 4.69) is 30.5 Å². The average molecular weight is 439 g/mol. The fraction of sp³-hybridized carbons (Fsp3) is 0.240. The van der Waals surface area contributed by atoms with Gasteiger partial charge in [-0.2, -0.15) is 0 Å². The lowest BCUT2D eigenvalue weighted by atomic mass is 10.1. The van der Waals surface area contributed by atoms with E-state index < -0.39 is 0 Å². The Morgan fingerprint density at radius 3 is 2.60 bits per heavy atom. The van der Waals surface area contributed by atoms with Crippen LogP contribution in [0.3, 0.4) is 0 Å². The van der Waals surface area contributed by atoms with Gasteiger partial charge < -0.3 is 9.30 Å². The van der Waals surface area contributed by atoms with Crippen molar-refractivity contribution >= 4 is 34.2 Å². The smallest absolute Gasteiger partial charge is 0.142 e. The number of rotatable bonds is 7. The number of unbranched alkanes of at least 4 members (excludes halogenated alkanes) is 1. The standard InChI is InChI=1S/C25H24Cl2N2O/c1-17-8-7-11-24(18(17)2)30-15-6-5-14-29-23-10-4-3-9-22(23)28-25(29)20-13-12-19(26)16-21(20)27/h3-4,7-13,16H,5-6,14-15H2,1-2H3. The molecule has 0 amide bonds. The highest BCUT2D eigenvalue weighted by Gasteiger charge is 2.15. The van der Waals surface area contributed by atoms with Gasteiger partial charge in [0, 0.05) is 17.1 Å². The Kier molecular flexibility index (Phi) is 6.31. The monoisotopic (exact) mass is 438 g/mol. The third-order valence-corrected chi connectivity index (χ3v) is 5.96. The van der Waals surface area contributed by atoms with Crippen molar-refractivity contribution in [1.82, 2.24) is 9.55 Å². The number of para-hydroxylation sites is 2. The topological polar surface area (TPSA) is 27.1 Å². The first-order valence-corrected chi connectivity index (χ1v) is 10.9. The number of aryl methyl sites for hydroxylation is 2. The minimum atomic E-state index is 0.609. The molecule has 0 atom stereocenters. The van der Waals surface area contributed by atoms with Crippen LogP contribution < -0.4 is 4.74 Å². The number of ether oxygens (including phenoxy) is 1. The summed E-state index contributed by atoms with van der Waals surface area (Å²) in [6.07, 6.45) is 1.93. The first-order valence-electron chi connectivity index (χ1n) is 10.1. The molecule has 154 valence electrons. The molecule has 1 aromatic heterocycles. The lowest BCUT2D eigenvalue weighted by Gasteiger charge is -2.12. The number of nitrogens with zero attached hydrogens (tertiary/aromatic N) is 2. The Morgan fingerprint density at radius 1 is 0.933 bits per heavy atom. The van der Waals surface area contributed by atoms with Crippen molar-refractivity contribution in [3.05, 3.63) is 81.8 Å². The molecule has 3 aromatic carbocycles. The second-order valence-electron chi connectivity index (χ2n) is 7.45. The van der Waals surface area contributed by atoms with Crippen LogP contribution in [-0.2, 0) is 6.54 Å². The molecule has 0 unspecified atom stereocenters. The molecule has 0 aliphatic carbocycles. The summed E-state index contributed by atoms with van der Waals surface area (Å²) in [6, 6.07) is 19.9. The van der Waals surface area contributed by atoms with Gasteiger partial charge in [-0.3, -0.25) is 0 Å². The molecule has 0 N–H and O–H groups in total. The Balaban J connectivity index is 1.50. The van der Waals surface area contributed by atoms with E-state index in [9.17, 15) is 0 Å². The van der Waals surface area contributed by atoms with Crippen LogP contribution in [0.1, 0.15) is 24.0 Å². The zero-order valence-corrected chi connectivity index (χ0v) is 18.7. The second-order valence-corrected chi connectivity index (χ2v) is 8.30. The summed E-state index contributed by atoms with van der Waals surface area (Å²) in [5.74, 6) is 1.84. The summed E-state index contributed by atoms with van der Waals surface area (Å²) in [7, 11) is 0. The highest BCUT2D eigenvalue weighted by Crippen LogP contribution is 2.32. The van der Waals surface area contributed by atoms with Gasteiger partial charge in [0.05, 0.1) is 22.7 Å². The van der Waals surface area contributed by atoms with Crippen molar-refractivity contribution in [2.75, 3.05) is 6.61 Å². The van der Waals surface area contributed by atoms with E-state index in [1.54, 1.807) is 6.07 Å². The van der Waals surface area contributed by atoms with Gasteiger partial charge in [-0.25, -0.2) is 4.98 Å². The molecule has 0 saturated carbocycles. The fourth-order valence-corrected chi connectivity index (χ4v) is 4.11. The van der Waals surface area contributed by atoms with Gasteiger partial charge in [0.25, 0.3) is 0 Å². The van der Waals surface area contributed by atoms with Gasteiger partial charge in [0.1, 0.15) is 11.6 Å². The van der Waals surface area contributed by atoms with Gasteiger partial charge >= 0.3 is 0 Å². The molecule has 0 bridgehead atoms. The molecule has 0 radical (unpaired) electrons. The van der Waals surface area contributed by atoms with Gasteiger partial charge in [-0.1, -0.05) is 47.5 Å². The summed E-state index contributed by atoms with van der Waals surface area (Å²) >= 11 is 12.6. The van der Waals surface area contributed by atoms with Crippen molar-refractivity contribution in [3.63, 3.8) is 0 Å². The second kappa shape index (κ2) is 9.11. The molecule has 3 nitrogen and oxygen atoms in total. The van der Waals surface area contributed by atoms with Crippen LogP contribution in [0, 0.1) is 13.8 Å². The van der Waals surface area contributed by atoms with E-state index in [1.165, 1.54) is 11.1 Å². The van der Waals surface area contributed by atoms with E-state index in [-0.39, 0.29) is 0 Å². The third-order valence-electron chi connectivity index (χ3n) is 5.42. The largest absolute Gasteiger partial charge is 0.493 e. The van der Waals surface area contributed by atoms with E-state index in [0.717, 1.165) is 47.6 Å². The molecule has 30 heavy (non-hydrogen) atoms. The molecule has 0 fully saturated rings. The minimum Gasteiger partial charge on any atom is -0.493 e. The summed E-state index contributed by atoms with van der Waals surface area (Å²) in [4.78, 5) is 4.85. The van der Waals surface area contributed by atoms with Gasteiger partial charge in [-0.05, 0) is 74.2 Å². The van der Waals surface area contributed by atoms with Crippen molar-refractivity contribution in [2.45, 2.75) is 33.2 Å². The van der Waals surface area contributed by atoms with Crippen LogP contribution in [0.4, 0.5) is 0 Å². The van der Waals surface area contributed by atoms with Crippen LogP contribution in [0.2, 0.25) is 10.0 Å². The van der Waals surface area contributed by atoms with Crippen molar-refractivity contribution < 1.29 is 4.74 Å². The summed E-state index contributed by atoms with van der Waals surface area (Å²) in [5, 5.41) is 1.23. The van der Waals surface area contributed by atoms with Crippen LogP contribution in [0.15, 0.2) is 60.7 Å². The van der Waals surface area contributed by atoms with Crippen molar-refractivity contribution in [3.8, 4) is 17.1 Å². The number of aromatic nitrogens is 2. The Morgan fingerprint density at radius 2 is 1.77 bits per heavy atom. The first kappa shape index (κ1) is 20.8. The Hall–Kier alpha value is -2.49. The normalized spacial score (nSPS) is 11.2. The average Bonchev–Trinajstić information content (AvgIpc) is 3.09. The van der Waals surface area contributed by atoms with Crippen LogP contribution in [0.25, 0.3) is 22.4 Å². The highest BCUT2D eigenvalue weighted by molar-refractivity contribution is 6.36. The maximum absolute atomic E-state index is 6.48. The molecule has 4 rings (SSSR count). The van der Waals surface area contributed by atoms with E-state index in [1.807, 2.05) is 42.5 Å². The predicted octanol–water partition coefficient (Wildman–Crippen LogP) is 7.49. The number of imidazole rings is 1. The molecule has 0 aliphatic heterocycles. The van der Waals surface area contributed by atoms with Gasteiger partial charge in [0.2, 0.25) is 0 Å². The van der Waals surface area contributed by atoms with Crippen molar-refractivity contribution in [2.24, 2.45) is 0 Å². The summed E-state index contributed by atoms with van der Waals surface area (Å²) in [6.45, 7) is 5.74. The Labute approximate surface area is 187 Å². The predicted molar refractivity (Wildman–Crippen MR) is 126 cm³/mol. The SMILES string of the molecule is Cc1cccc(OCCCCn2c(-c3ccc(Cl)cc3Cl)nc3ccccc32)c1C. The maximum atomic E-state index is 6.48. The van der Waals surface area contributed by atoms with Gasteiger partial charge in [0.15, 0.2) is 0 Å². The number of hydrogen-bond donors (Lipinski definition) is 0. The molecule has 5 heteroatoms. The summed E-state index contributed by atoms with van der Waals surface area (Å²) in [5.41, 5.74) is 5.42. The van der Waals surface area contributed by atoms with E-state index in [4.69, 9.17) is 32.9 Å². The lowest BCUT2D eigenvalue weighted by molar-refractivity contribution is 0.301. The van der Waals surface area contributed by atoms with E-state index >= 15 is 0 Å². The lowest BCUT2D eigenvalue weighted by Crippen LogP contribution is -2.05. The summed E-state index contributed by atoms with van der Waals surface area (Å²) < 4.78 is 8.25. The molecular weight excluding hydrogens is 415 g/mol. The molecular formula is C25H24Cl2N2O. The molecule has 0 aliphatic rings. The van der Waals surface area contributed by atoms with Crippen molar-refractivity contribution in [1.29, 1.82) is 0 Å². The fourth-order valence-electron chi connectivity index (χ4n) is 3.61. The van der Waals surface area contributed by atoms with Crippen LogP contribution >= 0.6 is 23.2 Å². The quantitative estimate of drug-likeness (QED) is 0.279. The molecule has 0 saturated heterocycles. The zero-order valence-electron chi connectivity index (χ0n) is 17.2. The third kappa shape index (κ3) is 4.33. The van der Waals surface area contributed by atoms with Gasteiger partial charge in [-0.15, -0.1) is 0 Å². The number of fused-ring (bicyclic) bond motifs is 1. The van der Waals surface area contributed by atoms with Crippen LogP contribution in [0.5, 0.6) is 5.75 Å². The number of benzene rings is 3. The number of hydrogen-bond acceptors (Lipinski definition) is 2. The molecule has 1 heterocycles. The number of halogens is 2. The zero-order chi connectivity index (χ0) is 21.1. The maximum Gasteiger partial charge on any atom is 0.142 e. The Bertz CT molecular complexity index is 1180. The highest BCUT2D eigenvalue weighted by atomic mass is 35.5. The minimum absolute atomic E-state index is 0.609. The molecule has 4 aromatic rings.